The summed E-state index contributed by atoms with van der Waals surface area (Å²) in [6.45, 7) is 0.775. The Morgan fingerprint density at radius 1 is 1.20 bits per heavy atom. The fourth-order valence-corrected chi connectivity index (χ4v) is 6.49. The maximum absolute atomic E-state index is 13.6. The molecule has 9 nitrogen and oxygen atoms in total. The third-order valence-electron chi connectivity index (χ3n) is 6.20. The summed E-state index contributed by atoms with van der Waals surface area (Å²) in [5.41, 5.74) is 4.18. The van der Waals surface area contributed by atoms with E-state index < -0.39 is 27.8 Å². The van der Waals surface area contributed by atoms with Gasteiger partial charge < -0.3 is 10.4 Å². The minimum Gasteiger partial charge on any atom is -0.475 e. The summed E-state index contributed by atoms with van der Waals surface area (Å²) in [4.78, 5) is 19.9. The number of carboxylic acid groups (broad SMARTS) is 1. The quantitative estimate of drug-likeness (QED) is 0.178. The molecule has 1 aliphatic rings. The molecule has 0 atom stereocenters. The molecule has 3 heterocycles. The molecule has 0 radical (unpaired) electrons. The number of aromatic nitrogens is 4. The fraction of sp³-hybridized carbons (Fsp3) is 0.360. The Bertz CT molecular complexity index is 1690. The summed E-state index contributed by atoms with van der Waals surface area (Å²) >= 11 is 7.57. The summed E-state index contributed by atoms with van der Waals surface area (Å²) in [6.07, 6.45) is 3.76. The number of thiophene rings is 1. The van der Waals surface area contributed by atoms with E-state index in [-0.39, 0.29) is 10.8 Å². The minimum atomic E-state index is -5.08. The third-order valence-corrected chi connectivity index (χ3v) is 8.70. The van der Waals surface area contributed by atoms with Gasteiger partial charge in [0.2, 0.25) is 0 Å². The molecule has 2 N–H and O–H groups in total. The lowest BCUT2D eigenvalue weighted by Crippen LogP contribution is -2.21. The molecule has 1 aromatic carbocycles. The molecular weight excluding hydrogens is 610 g/mol. The molecule has 4 aromatic rings. The largest absolute Gasteiger partial charge is 0.490 e. The smallest absolute Gasteiger partial charge is 0.475 e. The van der Waals surface area contributed by atoms with Crippen molar-refractivity contribution in [1.29, 1.82) is 0 Å². The van der Waals surface area contributed by atoms with Gasteiger partial charge in [-0.25, -0.2) is 27.6 Å². The van der Waals surface area contributed by atoms with Crippen LogP contribution < -0.4 is 5.32 Å². The van der Waals surface area contributed by atoms with Crippen molar-refractivity contribution in [3.05, 3.63) is 52.8 Å². The number of rotatable bonds is 8. The monoisotopic (exact) mass is 633 g/mol. The number of benzene rings is 1. The topological polar surface area (TPSA) is 127 Å². The van der Waals surface area contributed by atoms with Crippen LogP contribution in [0.25, 0.3) is 20.7 Å². The van der Waals surface area contributed by atoms with Crippen molar-refractivity contribution in [2.24, 2.45) is 0 Å². The summed E-state index contributed by atoms with van der Waals surface area (Å²) in [5.74, 6) is -2.32. The number of carboxylic acids is 1. The van der Waals surface area contributed by atoms with Crippen LogP contribution in [0.5, 0.6) is 0 Å². The lowest BCUT2D eigenvalue weighted by atomic mass is 9.95. The van der Waals surface area contributed by atoms with Crippen molar-refractivity contribution in [1.82, 2.24) is 19.7 Å². The molecule has 1 aliphatic carbocycles. The van der Waals surface area contributed by atoms with Crippen LogP contribution in [0.3, 0.4) is 0 Å². The zero-order valence-electron chi connectivity index (χ0n) is 21.5. The van der Waals surface area contributed by atoms with Crippen molar-refractivity contribution in [3.63, 3.8) is 0 Å². The molecule has 0 fully saturated rings. The van der Waals surface area contributed by atoms with Gasteiger partial charge in [0.05, 0.1) is 16.6 Å². The van der Waals surface area contributed by atoms with Gasteiger partial charge in [-0.15, -0.1) is 11.3 Å². The first-order chi connectivity index (χ1) is 19.2. The number of unbranched alkanes of at least 4 members (excludes halogenated alkanes) is 2. The van der Waals surface area contributed by atoms with Gasteiger partial charge in [0.1, 0.15) is 32.6 Å². The Balaban J connectivity index is 0.000000493. The summed E-state index contributed by atoms with van der Waals surface area (Å²) < 4.78 is 70.0. The Morgan fingerprint density at radius 3 is 2.59 bits per heavy atom. The van der Waals surface area contributed by atoms with E-state index in [1.807, 2.05) is 6.20 Å². The molecule has 0 unspecified atom stereocenters. The zero-order valence-corrected chi connectivity index (χ0v) is 23.9. The van der Waals surface area contributed by atoms with Crippen LogP contribution in [0.1, 0.15) is 30.5 Å². The van der Waals surface area contributed by atoms with Gasteiger partial charge in [-0.1, -0.05) is 18.0 Å². The maximum atomic E-state index is 13.6. The number of nitrogens with one attached hydrogen (secondary N) is 1. The lowest BCUT2D eigenvalue weighted by molar-refractivity contribution is -0.192. The normalized spacial score (nSPS) is 12.8. The van der Waals surface area contributed by atoms with Crippen LogP contribution >= 0.6 is 22.9 Å². The van der Waals surface area contributed by atoms with Gasteiger partial charge in [-0.05, 0) is 49.4 Å². The standard InChI is InChI=1S/C23H23ClFN5O2S2.C2HF3O2/c1-34(31,32)10-4-2-3-9-30-19-8-6-15-20-22(29-14-5-7-18(25)17(24)11-14)26-13-27-23(20)33-21(15)16(19)12-28-30;3-2(4,5)1(6)7/h5,7,11-13H,2-4,6,8-10H2,1H3,(H,26,27,29);(H,6,7). The van der Waals surface area contributed by atoms with Gasteiger partial charge in [0.15, 0.2) is 0 Å². The molecule has 41 heavy (non-hydrogen) atoms. The average molecular weight is 634 g/mol. The summed E-state index contributed by atoms with van der Waals surface area (Å²) in [7, 11) is -2.91. The molecule has 0 saturated heterocycles. The number of halogens is 5. The second kappa shape index (κ2) is 12.3. The SMILES string of the molecule is CS(=O)(=O)CCCCCn1ncc2c1CCc1c-2sc2ncnc(Nc3ccc(F)c(Cl)c3)c12.O=C(O)C(F)(F)F. The number of hydrogen-bond donors (Lipinski definition) is 2. The van der Waals surface area contributed by atoms with E-state index in [0.717, 1.165) is 52.9 Å². The molecular formula is C25H24ClF4N5O4S2. The molecule has 0 amide bonds. The molecule has 16 heteroatoms. The van der Waals surface area contributed by atoms with Crippen LogP contribution in [0.2, 0.25) is 5.02 Å². The molecule has 0 aliphatic heterocycles. The van der Waals surface area contributed by atoms with Crippen LogP contribution in [0.15, 0.2) is 30.7 Å². The predicted octanol–water partition coefficient (Wildman–Crippen LogP) is 6.04. The number of fused-ring (bicyclic) bond motifs is 5. The van der Waals surface area contributed by atoms with Gasteiger partial charge in [-0.3, -0.25) is 4.68 Å². The van der Waals surface area contributed by atoms with E-state index in [0.29, 0.717) is 17.9 Å². The predicted molar refractivity (Wildman–Crippen MR) is 148 cm³/mol. The van der Waals surface area contributed by atoms with Crippen LogP contribution in [-0.4, -0.2) is 57.4 Å². The van der Waals surface area contributed by atoms with Crippen molar-refractivity contribution in [2.75, 3.05) is 17.3 Å². The highest BCUT2D eigenvalue weighted by Gasteiger charge is 2.38. The number of hydrogen-bond acceptors (Lipinski definition) is 8. The fourth-order valence-electron chi connectivity index (χ4n) is 4.35. The second-order valence-corrected chi connectivity index (χ2v) is 13.0. The maximum Gasteiger partial charge on any atom is 0.490 e. The van der Waals surface area contributed by atoms with E-state index in [2.05, 4.69) is 25.1 Å². The highest BCUT2D eigenvalue weighted by molar-refractivity contribution is 7.90. The van der Waals surface area contributed by atoms with E-state index in [4.69, 9.17) is 21.5 Å². The van der Waals surface area contributed by atoms with Crippen molar-refractivity contribution in [3.8, 4) is 10.4 Å². The van der Waals surface area contributed by atoms with Gasteiger partial charge in [0.25, 0.3) is 0 Å². The van der Waals surface area contributed by atoms with Crippen LogP contribution in [0, 0.1) is 5.82 Å². The minimum absolute atomic E-state index is 0.0519. The zero-order chi connectivity index (χ0) is 29.9. The lowest BCUT2D eigenvalue weighted by Gasteiger charge is -2.16. The molecule has 3 aromatic heterocycles. The number of alkyl halides is 3. The highest BCUT2D eigenvalue weighted by atomic mass is 35.5. The first-order valence-corrected chi connectivity index (χ1v) is 15.5. The molecule has 0 spiro atoms. The van der Waals surface area contributed by atoms with Crippen LogP contribution in [0.4, 0.5) is 29.1 Å². The molecule has 5 rings (SSSR count). The average Bonchev–Trinajstić information content (AvgIpc) is 3.47. The first-order valence-electron chi connectivity index (χ1n) is 12.3. The number of sulfone groups is 1. The van der Waals surface area contributed by atoms with Gasteiger partial charge in [0, 0.05) is 40.4 Å². The van der Waals surface area contributed by atoms with Crippen molar-refractivity contribution < 1.29 is 35.9 Å². The van der Waals surface area contributed by atoms with Gasteiger partial charge >= 0.3 is 12.1 Å². The Labute approximate surface area is 241 Å². The number of anilines is 2. The van der Waals surface area contributed by atoms with E-state index in [1.165, 1.54) is 29.9 Å². The molecule has 0 saturated carbocycles. The second-order valence-electron chi connectivity index (χ2n) is 9.29. The van der Waals surface area contributed by atoms with Gasteiger partial charge in [-0.2, -0.15) is 18.3 Å². The Morgan fingerprint density at radius 2 is 1.93 bits per heavy atom. The number of aliphatic carboxylic acids is 1. The number of carbonyl (C=O) groups is 1. The van der Waals surface area contributed by atoms with E-state index >= 15 is 0 Å². The first kappa shape index (κ1) is 30.7. The van der Waals surface area contributed by atoms with Crippen LogP contribution in [-0.2, 0) is 34.0 Å². The Hall–Kier alpha value is -3.30. The highest BCUT2D eigenvalue weighted by Crippen LogP contribution is 2.45. The van der Waals surface area contributed by atoms with Crippen molar-refractivity contribution >= 4 is 60.5 Å². The summed E-state index contributed by atoms with van der Waals surface area (Å²) in [6, 6.07) is 4.50. The van der Waals surface area contributed by atoms with Crippen molar-refractivity contribution in [2.45, 2.75) is 44.8 Å². The van der Waals surface area contributed by atoms with E-state index in [9.17, 15) is 26.0 Å². The molecule has 0 bridgehead atoms. The summed E-state index contributed by atoms with van der Waals surface area (Å²) in [5, 5.41) is 16.0. The van der Waals surface area contributed by atoms with E-state index in [1.54, 1.807) is 23.5 Å². The number of aryl methyl sites for hydroxylation is 2. The third kappa shape index (κ3) is 7.51. The Kier molecular flexibility index (Phi) is 9.19. The molecule has 220 valence electrons. The number of nitrogens with zero attached hydrogens (tertiary/aromatic N) is 4.